The lowest BCUT2D eigenvalue weighted by molar-refractivity contribution is 0.888. The van der Waals surface area contributed by atoms with Gasteiger partial charge in [-0.15, -0.1) is 11.3 Å². The van der Waals surface area contributed by atoms with Gasteiger partial charge in [0.1, 0.15) is 0 Å². The van der Waals surface area contributed by atoms with Gasteiger partial charge in [0.25, 0.3) is 0 Å². The first-order chi connectivity index (χ1) is 27.7. The van der Waals surface area contributed by atoms with Crippen molar-refractivity contribution in [1.82, 2.24) is 19.5 Å². The first-order valence-corrected chi connectivity index (χ1v) is 19.9. The fourth-order valence-electron chi connectivity index (χ4n) is 8.29. The number of hydrogen-bond donors (Lipinski definition) is 0. The molecule has 0 saturated heterocycles. The monoisotopic (exact) mass is 734 g/mol. The summed E-state index contributed by atoms with van der Waals surface area (Å²) in [6, 6.07) is 60.3. The number of rotatable bonds is 6. The molecular weight excluding hydrogens is 701 g/mol. The normalized spacial score (nSPS) is 12.4. The van der Waals surface area contributed by atoms with Gasteiger partial charge in [0.05, 0.1) is 5.52 Å². The highest BCUT2D eigenvalue weighted by molar-refractivity contribution is 7.26. The fraction of sp³-hybridized carbons (Fsp3) is 0.0392. The summed E-state index contributed by atoms with van der Waals surface area (Å²) in [7, 11) is 0. The van der Waals surface area contributed by atoms with Crippen LogP contribution in [0.15, 0.2) is 176 Å². The van der Waals surface area contributed by atoms with Gasteiger partial charge in [-0.3, -0.25) is 0 Å². The molecule has 0 aliphatic heterocycles. The van der Waals surface area contributed by atoms with Crippen LogP contribution >= 0.6 is 11.3 Å². The Balaban J connectivity index is 1.05. The van der Waals surface area contributed by atoms with Gasteiger partial charge in [0.15, 0.2) is 17.5 Å². The Morgan fingerprint density at radius 2 is 1.12 bits per heavy atom. The number of aromatic nitrogens is 4. The van der Waals surface area contributed by atoms with Crippen molar-refractivity contribution in [3.8, 4) is 62.1 Å². The maximum atomic E-state index is 5.27. The number of benzene rings is 7. The van der Waals surface area contributed by atoms with Gasteiger partial charge in [-0.1, -0.05) is 146 Å². The maximum absolute atomic E-state index is 5.27. The zero-order chi connectivity index (χ0) is 37.0. The number of fused-ring (bicyclic) bond motifs is 6. The Labute approximate surface area is 328 Å². The zero-order valence-corrected chi connectivity index (χ0v) is 31.2. The molecule has 0 atom stereocenters. The van der Waals surface area contributed by atoms with Crippen LogP contribution in [0, 0.1) is 0 Å². The van der Waals surface area contributed by atoms with Crippen LogP contribution in [0.1, 0.15) is 17.7 Å². The van der Waals surface area contributed by atoms with Crippen LogP contribution in [0.3, 0.4) is 0 Å². The van der Waals surface area contributed by atoms with Crippen molar-refractivity contribution in [3.05, 3.63) is 187 Å². The van der Waals surface area contributed by atoms with Gasteiger partial charge in [0.2, 0.25) is 0 Å². The van der Waals surface area contributed by atoms with Gasteiger partial charge in [-0.2, -0.15) is 0 Å². The summed E-state index contributed by atoms with van der Waals surface area (Å²) in [6.07, 6.45) is 6.60. The second kappa shape index (κ2) is 13.4. The van der Waals surface area contributed by atoms with E-state index in [2.05, 4.69) is 168 Å². The number of para-hydroxylation sites is 1. The second-order valence-corrected chi connectivity index (χ2v) is 15.4. The number of hydrogen-bond acceptors (Lipinski definition) is 4. The molecule has 7 aromatic carbocycles. The molecule has 1 aliphatic carbocycles. The number of thiophene rings is 1. The number of nitrogens with zero attached hydrogens (tertiary/aromatic N) is 4. The van der Waals surface area contributed by atoms with Crippen LogP contribution in [0.2, 0.25) is 0 Å². The average Bonchev–Trinajstić information content (AvgIpc) is 3.82. The Kier molecular flexibility index (Phi) is 7.78. The molecule has 4 nitrogen and oxygen atoms in total. The van der Waals surface area contributed by atoms with E-state index in [0.29, 0.717) is 17.5 Å². The predicted molar refractivity (Wildman–Crippen MR) is 234 cm³/mol. The van der Waals surface area contributed by atoms with Crippen molar-refractivity contribution in [3.63, 3.8) is 0 Å². The van der Waals surface area contributed by atoms with E-state index < -0.39 is 0 Å². The minimum absolute atomic E-state index is 0.651. The molecule has 0 radical (unpaired) electrons. The second-order valence-electron chi connectivity index (χ2n) is 14.3. The third kappa shape index (κ3) is 5.55. The van der Waals surface area contributed by atoms with Gasteiger partial charge in [0, 0.05) is 59.2 Å². The summed E-state index contributed by atoms with van der Waals surface area (Å²) in [5, 5.41) is 3.65. The first kappa shape index (κ1) is 32.5. The molecule has 0 saturated carbocycles. The standard InChI is InChI=1S/C51H34N4S/c1-3-14-33(15-4-1)35-18-11-19-36(30-35)37-28-29-42-47(32-37)56-46-27-13-24-43(48(42)46)51-53-49(34-16-5-2-6-17-34)52-50(54-51)38-20-12-21-39(31-38)55-44-25-9-7-22-40(44)41-23-8-10-26-45(41)55/h1-9,11-25,27-32H,10,26H2. The third-order valence-corrected chi connectivity index (χ3v) is 12.0. The highest BCUT2D eigenvalue weighted by Gasteiger charge is 2.21. The van der Waals surface area contributed by atoms with Crippen molar-refractivity contribution in [2.75, 3.05) is 0 Å². The summed E-state index contributed by atoms with van der Waals surface area (Å²) >= 11 is 1.81. The molecule has 1 aliphatic rings. The highest BCUT2D eigenvalue weighted by Crippen LogP contribution is 2.42. The molecule has 11 rings (SSSR count). The molecule has 0 bridgehead atoms. The van der Waals surface area contributed by atoms with Crippen molar-refractivity contribution < 1.29 is 0 Å². The van der Waals surface area contributed by atoms with E-state index in [-0.39, 0.29) is 0 Å². The van der Waals surface area contributed by atoms with E-state index in [1.165, 1.54) is 64.6 Å². The molecule has 0 spiro atoms. The van der Waals surface area contributed by atoms with E-state index in [1.54, 1.807) is 0 Å². The Hall–Kier alpha value is -6.95. The lowest BCUT2D eigenvalue weighted by atomic mass is 9.98. The third-order valence-electron chi connectivity index (χ3n) is 10.9. The molecule has 0 amide bonds. The van der Waals surface area contributed by atoms with Gasteiger partial charge < -0.3 is 4.57 Å². The topological polar surface area (TPSA) is 43.6 Å². The van der Waals surface area contributed by atoms with Gasteiger partial charge >= 0.3 is 0 Å². The lowest BCUT2D eigenvalue weighted by Crippen LogP contribution is -2.04. The fourth-order valence-corrected chi connectivity index (χ4v) is 9.46. The summed E-state index contributed by atoms with van der Waals surface area (Å²) < 4.78 is 4.86. The van der Waals surface area contributed by atoms with Crippen LogP contribution in [0.25, 0.3) is 99.3 Å². The molecule has 3 aromatic heterocycles. The molecular formula is C51H34N4S. The molecule has 56 heavy (non-hydrogen) atoms. The quantitative estimate of drug-likeness (QED) is 0.171. The number of allylic oxidation sites excluding steroid dienone is 1. The van der Waals surface area contributed by atoms with Crippen LogP contribution in [-0.2, 0) is 6.42 Å². The van der Waals surface area contributed by atoms with Gasteiger partial charge in [-0.25, -0.2) is 15.0 Å². The zero-order valence-electron chi connectivity index (χ0n) is 30.4. The summed E-state index contributed by atoms with van der Waals surface area (Å²) in [6.45, 7) is 0. The maximum Gasteiger partial charge on any atom is 0.164 e. The van der Waals surface area contributed by atoms with Crippen molar-refractivity contribution in [2.24, 2.45) is 0 Å². The van der Waals surface area contributed by atoms with Crippen molar-refractivity contribution in [2.45, 2.75) is 12.8 Å². The smallest absolute Gasteiger partial charge is 0.164 e. The Morgan fingerprint density at radius 3 is 1.98 bits per heavy atom. The largest absolute Gasteiger partial charge is 0.313 e. The average molecular weight is 735 g/mol. The van der Waals surface area contributed by atoms with Crippen molar-refractivity contribution in [1.29, 1.82) is 0 Å². The van der Waals surface area contributed by atoms with Crippen LogP contribution < -0.4 is 0 Å². The van der Waals surface area contributed by atoms with Crippen molar-refractivity contribution >= 4 is 48.5 Å². The van der Waals surface area contributed by atoms with E-state index >= 15 is 0 Å². The van der Waals surface area contributed by atoms with Gasteiger partial charge in [-0.05, 0) is 71.5 Å². The summed E-state index contributed by atoms with van der Waals surface area (Å²) in [4.78, 5) is 15.6. The predicted octanol–water partition coefficient (Wildman–Crippen LogP) is 13.5. The Bertz CT molecular complexity index is 3140. The molecule has 0 unspecified atom stereocenters. The van der Waals surface area contributed by atoms with E-state index in [4.69, 9.17) is 15.0 Å². The molecule has 0 N–H and O–H groups in total. The van der Waals surface area contributed by atoms with E-state index in [9.17, 15) is 0 Å². The van der Waals surface area contributed by atoms with Crippen LogP contribution in [0.5, 0.6) is 0 Å². The van der Waals surface area contributed by atoms with Crippen LogP contribution in [-0.4, -0.2) is 19.5 Å². The summed E-state index contributed by atoms with van der Waals surface area (Å²) in [5.41, 5.74) is 12.7. The molecule has 264 valence electrons. The first-order valence-electron chi connectivity index (χ1n) is 19.1. The molecule has 10 aromatic rings. The molecule has 5 heteroatoms. The molecule has 0 fully saturated rings. The SMILES string of the molecule is C1=Cc2c(n(-c3cccc(-c4nc(-c5ccccc5)nc(-c5cccc6sc7cc(-c8cccc(-c9ccccc9)c8)ccc7c56)n4)c3)c3ccccc23)CC1. The molecule has 3 heterocycles. The van der Waals surface area contributed by atoms with Crippen LogP contribution in [0.4, 0.5) is 0 Å². The minimum atomic E-state index is 0.651. The minimum Gasteiger partial charge on any atom is -0.313 e. The van der Waals surface area contributed by atoms with E-state index in [1.807, 2.05) is 29.5 Å². The lowest BCUT2D eigenvalue weighted by Gasteiger charge is -2.15. The van der Waals surface area contributed by atoms with E-state index in [0.717, 1.165) is 35.2 Å². The summed E-state index contributed by atoms with van der Waals surface area (Å²) in [5.74, 6) is 1.97. The highest BCUT2D eigenvalue weighted by atomic mass is 32.1. The Morgan fingerprint density at radius 1 is 0.464 bits per heavy atom.